The summed E-state index contributed by atoms with van der Waals surface area (Å²) in [6, 6.07) is 6.60. The van der Waals surface area contributed by atoms with Gasteiger partial charge in [0.25, 0.3) is 0 Å². The molecule has 0 saturated heterocycles. The molecule has 1 unspecified atom stereocenters. The number of ether oxygens (including phenoxy) is 1. The Hall–Kier alpha value is -1.36. The van der Waals surface area contributed by atoms with E-state index in [1.165, 1.54) is 6.92 Å². The summed E-state index contributed by atoms with van der Waals surface area (Å²) in [5, 5.41) is 0. The molecule has 1 atom stereocenters. The van der Waals surface area contributed by atoms with Crippen molar-refractivity contribution in [3.05, 3.63) is 35.4 Å². The summed E-state index contributed by atoms with van der Waals surface area (Å²) < 4.78 is 40.2. The van der Waals surface area contributed by atoms with Crippen molar-refractivity contribution in [3.8, 4) is 0 Å². The summed E-state index contributed by atoms with van der Waals surface area (Å²) in [5.41, 5.74) is 1.33. The fourth-order valence-corrected chi connectivity index (χ4v) is 1.25. The van der Waals surface area contributed by atoms with Gasteiger partial charge in [0.2, 0.25) is 0 Å². The number of hydrogen-bond donors (Lipinski definition) is 0. The number of Topliss-reactive ketones (excluding diaryl/α,β-unsaturated/α-hetero) is 1. The molecule has 0 fully saturated rings. The Kier molecular flexibility index (Phi) is 4.28. The lowest BCUT2D eigenvalue weighted by Crippen LogP contribution is -2.27. The highest BCUT2D eigenvalue weighted by atomic mass is 19.4. The number of halogens is 3. The number of alkyl halides is 3. The van der Waals surface area contributed by atoms with Gasteiger partial charge in [-0.15, -0.1) is 0 Å². The van der Waals surface area contributed by atoms with E-state index in [0.717, 1.165) is 5.56 Å². The summed E-state index contributed by atoms with van der Waals surface area (Å²) in [6.07, 6.45) is -5.51. The van der Waals surface area contributed by atoms with Gasteiger partial charge in [-0.05, 0) is 13.8 Å². The van der Waals surface area contributed by atoms with Gasteiger partial charge < -0.3 is 4.74 Å². The molecule has 0 aliphatic carbocycles. The Morgan fingerprint density at radius 3 is 2.29 bits per heavy atom. The largest absolute Gasteiger partial charge is 0.411 e. The molecule has 0 N–H and O–H groups in total. The van der Waals surface area contributed by atoms with Gasteiger partial charge >= 0.3 is 6.18 Å². The van der Waals surface area contributed by atoms with E-state index in [0.29, 0.717) is 5.56 Å². The van der Waals surface area contributed by atoms with Crippen molar-refractivity contribution in [1.29, 1.82) is 0 Å². The maximum atomic E-state index is 11.9. The molecule has 2 nitrogen and oxygen atoms in total. The number of carbonyl (C=O) groups is 1. The zero-order valence-corrected chi connectivity index (χ0v) is 9.54. The Morgan fingerprint density at radius 2 is 1.82 bits per heavy atom. The fraction of sp³-hybridized carbons (Fsp3) is 0.417. The summed E-state index contributed by atoms with van der Waals surface area (Å²) in [7, 11) is 0. The average Bonchev–Trinajstić information content (AvgIpc) is 2.25. The van der Waals surface area contributed by atoms with Gasteiger partial charge in [-0.3, -0.25) is 4.79 Å². The van der Waals surface area contributed by atoms with Crippen LogP contribution in [0.5, 0.6) is 0 Å². The smallest absolute Gasteiger partial charge is 0.361 e. The number of hydrogen-bond acceptors (Lipinski definition) is 2. The second-order valence-electron chi connectivity index (χ2n) is 3.80. The normalized spacial score (nSPS) is 13.5. The Morgan fingerprint density at radius 1 is 1.29 bits per heavy atom. The standard InChI is InChI=1S/C12H13F3O2/c1-8-3-5-10(6-4-8)11(16)9(2)17-7-12(13,14)15/h3-6,9H,7H2,1-2H3. The first-order chi connectivity index (χ1) is 7.79. The Bertz CT molecular complexity index is 382. The number of carbonyl (C=O) groups excluding carboxylic acids is 1. The zero-order chi connectivity index (χ0) is 13.1. The highest BCUT2D eigenvalue weighted by molar-refractivity contribution is 5.99. The molecule has 1 aromatic rings. The van der Waals surface area contributed by atoms with Crippen molar-refractivity contribution in [3.63, 3.8) is 0 Å². The number of ketones is 1. The van der Waals surface area contributed by atoms with Crippen molar-refractivity contribution in [1.82, 2.24) is 0 Å². The molecular weight excluding hydrogens is 233 g/mol. The van der Waals surface area contributed by atoms with Crippen LogP contribution in [0.25, 0.3) is 0 Å². The molecule has 1 rings (SSSR count). The van der Waals surface area contributed by atoms with Crippen molar-refractivity contribution in [2.75, 3.05) is 6.61 Å². The van der Waals surface area contributed by atoms with Gasteiger partial charge in [0.05, 0.1) is 0 Å². The number of aryl methyl sites for hydroxylation is 1. The first kappa shape index (κ1) is 13.7. The van der Waals surface area contributed by atoms with Crippen LogP contribution in [0.4, 0.5) is 13.2 Å². The van der Waals surface area contributed by atoms with E-state index < -0.39 is 24.7 Å². The topological polar surface area (TPSA) is 26.3 Å². The average molecular weight is 246 g/mol. The second kappa shape index (κ2) is 5.31. The van der Waals surface area contributed by atoms with Crippen molar-refractivity contribution >= 4 is 5.78 Å². The molecule has 0 radical (unpaired) electrons. The molecular formula is C12H13F3O2. The third-order valence-electron chi connectivity index (χ3n) is 2.20. The van der Waals surface area contributed by atoms with E-state index in [1.54, 1.807) is 24.3 Å². The minimum atomic E-state index is -4.41. The highest BCUT2D eigenvalue weighted by Crippen LogP contribution is 2.16. The minimum absolute atomic E-state index is 0.352. The van der Waals surface area contributed by atoms with E-state index in [4.69, 9.17) is 0 Å². The lowest BCUT2D eigenvalue weighted by molar-refractivity contribution is -0.179. The molecule has 0 aromatic heterocycles. The predicted octanol–water partition coefficient (Wildman–Crippen LogP) is 3.15. The predicted molar refractivity (Wildman–Crippen MR) is 57.0 cm³/mol. The summed E-state index contributed by atoms with van der Waals surface area (Å²) >= 11 is 0. The van der Waals surface area contributed by atoms with Gasteiger partial charge in [0, 0.05) is 5.56 Å². The fourth-order valence-electron chi connectivity index (χ4n) is 1.25. The van der Waals surface area contributed by atoms with E-state index in [1.807, 2.05) is 6.92 Å². The molecule has 0 aliphatic heterocycles. The van der Waals surface area contributed by atoms with Crippen molar-refractivity contribution in [2.45, 2.75) is 26.1 Å². The van der Waals surface area contributed by atoms with Crippen LogP contribution in [0.15, 0.2) is 24.3 Å². The zero-order valence-electron chi connectivity index (χ0n) is 9.54. The van der Waals surface area contributed by atoms with Crippen LogP contribution < -0.4 is 0 Å². The van der Waals surface area contributed by atoms with Crippen LogP contribution >= 0.6 is 0 Å². The molecule has 0 amide bonds. The third kappa shape index (κ3) is 4.56. The van der Waals surface area contributed by atoms with Crippen LogP contribution in [0.3, 0.4) is 0 Å². The highest BCUT2D eigenvalue weighted by Gasteiger charge is 2.30. The third-order valence-corrected chi connectivity index (χ3v) is 2.20. The van der Waals surface area contributed by atoms with E-state index in [2.05, 4.69) is 4.74 Å². The van der Waals surface area contributed by atoms with Crippen LogP contribution in [0, 0.1) is 6.92 Å². The molecule has 1 aromatic carbocycles. The van der Waals surface area contributed by atoms with E-state index in [9.17, 15) is 18.0 Å². The monoisotopic (exact) mass is 246 g/mol. The SMILES string of the molecule is Cc1ccc(C(=O)C(C)OCC(F)(F)F)cc1. The van der Waals surface area contributed by atoms with Crippen LogP contribution in [-0.2, 0) is 4.74 Å². The molecule has 0 saturated carbocycles. The van der Waals surface area contributed by atoms with Crippen molar-refractivity contribution in [2.24, 2.45) is 0 Å². The minimum Gasteiger partial charge on any atom is -0.361 e. The maximum absolute atomic E-state index is 11.9. The van der Waals surface area contributed by atoms with Crippen LogP contribution in [-0.4, -0.2) is 24.7 Å². The van der Waals surface area contributed by atoms with Gasteiger partial charge in [0.15, 0.2) is 5.78 Å². The quantitative estimate of drug-likeness (QED) is 0.763. The van der Waals surface area contributed by atoms with Crippen molar-refractivity contribution < 1.29 is 22.7 Å². The first-order valence-corrected chi connectivity index (χ1v) is 5.09. The molecule has 0 heterocycles. The van der Waals surface area contributed by atoms with E-state index >= 15 is 0 Å². The lowest BCUT2D eigenvalue weighted by Gasteiger charge is -2.13. The van der Waals surface area contributed by atoms with E-state index in [-0.39, 0.29) is 0 Å². The molecule has 94 valence electrons. The molecule has 5 heteroatoms. The Balaban J connectivity index is 2.61. The Labute approximate surface area is 97.4 Å². The van der Waals surface area contributed by atoms with Gasteiger partial charge in [0.1, 0.15) is 12.7 Å². The lowest BCUT2D eigenvalue weighted by atomic mass is 10.1. The van der Waals surface area contributed by atoms with Gasteiger partial charge in [-0.1, -0.05) is 29.8 Å². The maximum Gasteiger partial charge on any atom is 0.411 e. The molecule has 0 bridgehead atoms. The molecule has 17 heavy (non-hydrogen) atoms. The first-order valence-electron chi connectivity index (χ1n) is 5.09. The number of benzene rings is 1. The van der Waals surface area contributed by atoms with Crippen LogP contribution in [0.1, 0.15) is 22.8 Å². The van der Waals surface area contributed by atoms with Crippen LogP contribution in [0.2, 0.25) is 0 Å². The van der Waals surface area contributed by atoms with Gasteiger partial charge in [-0.25, -0.2) is 0 Å². The summed E-state index contributed by atoms with van der Waals surface area (Å²) in [6.45, 7) is 1.76. The summed E-state index contributed by atoms with van der Waals surface area (Å²) in [4.78, 5) is 11.7. The molecule has 0 aliphatic rings. The van der Waals surface area contributed by atoms with Gasteiger partial charge in [-0.2, -0.15) is 13.2 Å². The number of rotatable bonds is 4. The summed E-state index contributed by atoms with van der Waals surface area (Å²) in [5.74, 6) is -0.450. The molecule has 0 spiro atoms. The second-order valence-corrected chi connectivity index (χ2v) is 3.80.